The molecule has 0 aliphatic carbocycles. The number of hydrogen-bond acceptors (Lipinski definition) is 3. The van der Waals surface area contributed by atoms with Gasteiger partial charge in [-0.3, -0.25) is 4.79 Å². The molecule has 2 heterocycles. The maximum atomic E-state index is 11.1. The van der Waals surface area contributed by atoms with Crippen molar-refractivity contribution in [2.75, 3.05) is 0 Å². The Balaban J connectivity index is 2.54. The molecule has 14 heavy (non-hydrogen) atoms. The van der Waals surface area contributed by atoms with Gasteiger partial charge in [0.1, 0.15) is 6.33 Å². The van der Waals surface area contributed by atoms with Gasteiger partial charge in [-0.05, 0) is 13.0 Å². The third-order valence-electron chi connectivity index (χ3n) is 1.97. The molecule has 0 unspecified atom stereocenters. The van der Waals surface area contributed by atoms with Crippen LogP contribution >= 0.6 is 0 Å². The summed E-state index contributed by atoms with van der Waals surface area (Å²) in [6.07, 6.45) is 1.64. The van der Waals surface area contributed by atoms with Crippen LogP contribution in [0.1, 0.15) is 6.92 Å². The van der Waals surface area contributed by atoms with Crippen LogP contribution in [0, 0.1) is 0 Å². The van der Waals surface area contributed by atoms with Crippen molar-refractivity contribution in [3.8, 4) is 11.5 Å². The molecule has 5 nitrogen and oxygen atoms in total. The molecule has 0 aromatic carbocycles. The van der Waals surface area contributed by atoms with E-state index in [1.54, 1.807) is 18.5 Å². The molecule has 2 aromatic heterocycles. The molecule has 0 bridgehead atoms. The van der Waals surface area contributed by atoms with Gasteiger partial charge in [-0.1, -0.05) is 6.07 Å². The fraction of sp³-hybridized carbons (Fsp3) is 0.222. The highest BCUT2D eigenvalue weighted by atomic mass is 16.1. The molecule has 0 aliphatic heterocycles. The van der Waals surface area contributed by atoms with Gasteiger partial charge in [-0.2, -0.15) is 0 Å². The predicted molar refractivity (Wildman–Crippen MR) is 51.8 cm³/mol. The smallest absolute Gasteiger partial charge is 0.248 e. The lowest BCUT2D eigenvalue weighted by Gasteiger charge is -2.01. The van der Waals surface area contributed by atoms with E-state index in [2.05, 4.69) is 15.2 Å². The molecular weight excluding hydrogens is 180 g/mol. The van der Waals surface area contributed by atoms with Gasteiger partial charge in [-0.15, -0.1) is 10.2 Å². The van der Waals surface area contributed by atoms with E-state index in [-0.39, 0.29) is 5.56 Å². The Bertz CT molecular complexity index is 485. The predicted octanol–water partition coefficient (Wildman–Crippen LogP) is 0.653. The number of aryl methyl sites for hydroxylation is 1. The highest BCUT2D eigenvalue weighted by Gasteiger charge is 2.05. The maximum Gasteiger partial charge on any atom is 0.248 e. The average Bonchev–Trinajstić information content (AvgIpc) is 2.65. The topological polar surface area (TPSA) is 63.6 Å². The van der Waals surface area contributed by atoms with Crippen LogP contribution in [0.3, 0.4) is 0 Å². The maximum absolute atomic E-state index is 11.1. The second kappa shape index (κ2) is 3.45. The molecule has 0 amide bonds. The SMILES string of the molecule is CCn1cnnc1-c1cccc(=O)[nH]1. The van der Waals surface area contributed by atoms with E-state index in [1.807, 2.05) is 11.5 Å². The molecule has 72 valence electrons. The minimum Gasteiger partial charge on any atom is -0.319 e. The zero-order valence-corrected chi connectivity index (χ0v) is 7.77. The number of nitrogens with zero attached hydrogens (tertiary/aromatic N) is 3. The Morgan fingerprint density at radius 2 is 2.36 bits per heavy atom. The lowest BCUT2D eigenvalue weighted by molar-refractivity contribution is 0.764. The second-order valence-electron chi connectivity index (χ2n) is 2.87. The molecule has 2 rings (SSSR count). The zero-order chi connectivity index (χ0) is 9.97. The van der Waals surface area contributed by atoms with Crippen LogP contribution in [0.25, 0.3) is 11.5 Å². The second-order valence-corrected chi connectivity index (χ2v) is 2.87. The van der Waals surface area contributed by atoms with Crippen LogP contribution in [0.2, 0.25) is 0 Å². The zero-order valence-electron chi connectivity index (χ0n) is 7.77. The molecule has 0 atom stereocenters. The number of pyridine rings is 1. The molecule has 2 aromatic rings. The van der Waals surface area contributed by atoms with Gasteiger partial charge in [0.05, 0.1) is 5.69 Å². The fourth-order valence-electron chi connectivity index (χ4n) is 1.27. The largest absolute Gasteiger partial charge is 0.319 e. The van der Waals surface area contributed by atoms with Gasteiger partial charge in [0.15, 0.2) is 5.82 Å². The number of rotatable bonds is 2. The quantitative estimate of drug-likeness (QED) is 0.756. The summed E-state index contributed by atoms with van der Waals surface area (Å²) in [5.74, 6) is 0.685. The van der Waals surface area contributed by atoms with Crippen LogP contribution in [-0.2, 0) is 6.54 Å². The number of aromatic amines is 1. The third-order valence-corrected chi connectivity index (χ3v) is 1.97. The number of hydrogen-bond donors (Lipinski definition) is 1. The van der Waals surface area contributed by atoms with Gasteiger partial charge in [0, 0.05) is 12.6 Å². The minimum atomic E-state index is -0.131. The molecule has 0 aliphatic rings. The summed E-state index contributed by atoms with van der Waals surface area (Å²) in [6, 6.07) is 4.97. The molecule has 0 fully saturated rings. The first-order valence-corrected chi connectivity index (χ1v) is 4.39. The van der Waals surface area contributed by atoms with E-state index in [9.17, 15) is 4.79 Å². The third kappa shape index (κ3) is 1.44. The van der Waals surface area contributed by atoms with Gasteiger partial charge in [0.25, 0.3) is 0 Å². The first kappa shape index (κ1) is 8.68. The van der Waals surface area contributed by atoms with Gasteiger partial charge in [0.2, 0.25) is 5.56 Å². The Labute approximate surface area is 80.4 Å². The van der Waals surface area contributed by atoms with Gasteiger partial charge >= 0.3 is 0 Å². The molecule has 0 saturated heterocycles. The number of nitrogens with one attached hydrogen (secondary N) is 1. The summed E-state index contributed by atoms with van der Waals surface area (Å²) in [6.45, 7) is 2.77. The van der Waals surface area contributed by atoms with Crippen molar-refractivity contribution in [3.05, 3.63) is 34.9 Å². The highest BCUT2D eigenvalue weighted by Crippen LogP contribution is 2.10. The van der Waals surface area contributed by atoms with Crippen molar-refractivity contribution < 1.29 is 0 Å². The molecular formula is C9H10N4O. The summed E-state index contributed by atoms with van der Waals surface area (Å²) in [7, 11) is 0. The lowest BCUT2D eigenvalue weighted by atomic mass is 10.3. The van der Waals surface area contributed by atoms with Crippen molar-refractivity contribution >= 4 is 0 Å². The molecule has 0 radical (unpaired) electrons. The minimum absolute atomic E-state index is 0.131. The molecule has 0 spiro atoms. The summed E-state index contributed by atoms with van der Waals surface area (Å²) in [5, 5.41) is 7.73. The van der Waals surface area contributed by atoms with Crippen LogP contribution in [0.15, 0.2) is 29.3 Å². The fourth-order valence-corrected chi connectivity index (χ4v) is 1.27. The van der Waals surface area contributed by atoms with Gasteiger partial charge < -0.3 is 9.55 Å². The number of aromatic nitrogens is 4. The van der Waals surface area contributed by atoms with Crippen molar-refractivity contribution in [3.63, 3.8) is 0 Å². The summed E-state index contributed by atoms with van der Waals surface area (Å²) >= 11 is 0. The summed E-state index contributed by atoms with van der Waals surface area (Å²) < 4.78 is 1.87. The Hall–Kier alpha value is -1.91. The van der Waals surface area contributed by atoms with E-state index < -0.39 is 0 Å². The first-order valence-electron chi connectivity index (χ1n) is 4.39. The molecule has 5 heteroatoms. The Kier molecular flexibility index (Phi) is 2.14. The summed E-state index contributed by atoms with van der Waals surface area (Å²) in [4.78, 5) is 13.8. The Morgan fingerprint density at radius 3 is 3.07 bits per heavy atom. The summed E-state index contributed by atoms with van der Waals surface area (Å²) in [5.41, 5.74) is 0.560. The van der Waals surface area contributed by atoms with Crippen molar-refractivity contribution in [1.29, 1.82) is 0 Å². The van der Waals surface area contributed by atoms with E-state index in [0.29, 0.717) is 11.5 Å². The van der Waals surface area contributed by atoms with Crippen LogP contribution in [-0.4, -0.2) is 19.7 Å². The Morgan fingerprint density at radius 1 is 1.50 bits per heavy atom. The van der Waals surface area contributed by atoms with Crippen molar-refractivity contribution in [1.82, 2.24) is 19.7 Å². The van der Waals surface area contributed by atoms with E-state index >= 15 is 0 Å². The highest BCUT2D eigenvalue weighted by molar-refractivity contribution is 5.48. The molecule has 1 N–H and O–H groups in total. The monoisotopic (exact) mass is 190 g/mol. The van der Waals surface area contributed by atoms with Crippen LogP contribution < -0.4 is 5.56 Å². The standard InChI is InChI=1S/C9H10N4O/c1-2-13-6-10-12-9(13)7-4-3-5-8(14)11-7/h3-6H,2H2,1H3,(H,11,14). The van der Waals surface area contributed by atoms with E-state index in [4.69, 9.17) is 0 Å². The molecule has 0 saturated carbocycles. The van der Waals surface area contributed by atoms with Crippen LogP contribution in [0.4, 0.5) is 0 Å². The first-order chi connectivity index (χ1) is 6.81. The van der Waals surface area contributed by atoms with Crippen LogP contribution in [0.5, 0.6) is 0 Å². The lowest BCUT2D eigenvalue weighted by Crippen LogP contribution is -2.06. The number of H-pyrrole nitrogens is 1. The van der Waals surface area contributed by atoms with Crippen molar-refractivity contribution in [2.24, 2.45) is 0 Å². The van der Waals surface area contributed by atoms with E-state index in [1.165, 1.54) is 6.07 Å². The van der Waals surface area contributed by atoms with Gasteiger partial charge in [-0.25, -0.2) is 0 Å². The normalized spacial score (nSPS) is 10.4. The van der Waals surface area contributed by atoms with Crippen molar-refractivity contribution in [2.45, 2.75) is 13.5 Å². The average molecular weight is 190 g/mol. The van der Waals surface area contributed by atoms with E-state index in [0.717, 1.165) is 6.54 Å².